The molecule has 0 atom stereocenters. The summed E-state index contributed by atoms with van der Waals surface area (Å²) in [6, 6.07) is 1.80. The lowest BCUT2D eigenvalue weighted by Gasteiger charge is -2.06. The highest BCUT2D eigenvalue weighted by molar-refractivity contribution is 5.23. The Labute approximate surface area is 115 Å². The van der Waals surface area contributed by atoms with E-state index >= 15 is 0 Å². The van der Waals surface area contributed by atoms with E-state index in [1.165, 1.54) is 0 Å². The van der Waals surface area contributed by atoms with Crippen LogP contribution in [0.4, 0.5) is 5.95 Å². The number of imidazole rings is 1. The number of nitrogens with two attached hydrogens (primary N) is 1. The van der Waals surface area contributed by atoms with Crippen LogP contribution in [0.2, 0.25) is 0 Å². The van der Waals surface area contributed by atoms with Gasteiger partial charge in [-0.15, -0.1) is 0 Å². The van der Waals surface area contributed by atoms with Crippen LogP contribution in [0.25, 0.3) is 5.95 Å². The summed E-state index contributed by atoms with van der Waals surface area (Å²) in [6.45, 7) is 2.91. The summed E-state index contributed by atoms with van der Waals surface area (Å²) in [5.41, 5.74) is 5.73. The molecule has 0 aliphatic carbocycles. The number of anilines is 1. The first-order valence-electron chi connectivity index (χ1n) is 6.26. The van der Waals surface area contributed by atoms with E-state index in [0.717, 1.165) is 12.4 Å². The lowest BCUT2D eigenvalue weighted by atomic mass is 10.3. The zero-order chi connectivity index (χ0) is 13.9. The fourth-order valence-corrected chi connectivity index (χ4v) is 1.93. The van der Waals surface area contributed by atoms with Gasteiger partial charge in [0.25, 0.3) is 5.95 Å². The van der Waals surface area contributed by atoms with Crippen LogP contribution < -0.4 is 5.73 Å². The van der Waals surface area contributed by atoms with Crippen molar-refractivity contribution in [2.24, 2.45) is 0 Å². The Morgan fingerprint density at radius 2 is 2.05 bits per heavy atom. The fourth-order valence-electron chi connectivity index (χ4n) is 1.93. The molecule has 0 amide bonds. The van der Waals surface area contributed by atoms with Gasteiger partial charge in [-0.3, -0.25) is 0 Å². The summed E-state index contributed by atoms with van der Waals surface area (Å²) < 4.78 is 3.58. The second kappa shape index (κ2) is 5.08. The number of rotatable bonds is 4. The maximum Gasteiger partial charge on any atom is 0.255 e. The second-order valence-corrected chi connectivity index (χ2v) is 4.17. The molecule has 0 unspecified atom stereocenters. The quantitative estimate of drug-likeness (QED) is 0.738. The summed E-state index contributed by atoms with van der Waals surface area (Å²) in [7, 11) is 0. The smallest absolute Gasteiger partial charge is 0.255 e. The van der Waals surface area contributed by atoms with Gasteiger partial charge in [0, 0.05) is 31.3 Å². The third kappa shape index (κ3) is 2.35. The summed E-state index contributed by atoms with van der Waals surface area (Å²) in [4.78, 5) is 16.9. The molecular weight excluding hydrogens is 256 g/mol. The standard InChI is InChI=1S/C12H14N8/c1-2-19-7-5-14-10(19)8-9-16-11(13)18-12(17-9)20-6-3-4-15-20/h3-7H,2,8H2,1H3,(H2,13,16,17,18). The molecular formula is C12H14N8. The monoisotopic (exact) mass is 270 g/mol. The lowest BCUT2D eigenvalue weighted by Crippen LogP contribution is -2.12. The van der Waals surface area contributed by atoms with E-state index in [1.54, 1.807) is 29.3 Å². The highest BCUT2D eigenvalue weighted by Crippen LogP contribution is 2.07. The van der Waals surface area contributed by atoms with E-state index in [9.17, 15) is 0 Å². The van der Waals surface area contributed by atoms with Crippen molar-refractivity contribution in [3.8, 4) is 5.95 Å². The number of hydrogen-bond donors (Lipinski definition) is 1. The van der Waals surface area contributed by atoms with E-state index in [4.69, 9.17) is 5.73 Å². The predicted molar refractivity (Wildman–Crippen MR) is 72.1 cm³/mol. The molecule has 3 aromatic rings. The van der Waals surface area contributed by atoms with Gasteiger partial charge in [0.15, 0.2) is 0 Å². The van der Waals surface area contributed by atoms with Crippen molar-refractivity contribution in [2.45, 2.75) is 19.9 Å². The molecule has 0 radical (unpaired) electrons. The first-order chi connectivity index (χ1) is 9.76. The van der Waals surface area contributed by atoms with Gasteiger partial charge in [-0.25, -0.2) is 9.67 Å². The van der Waals surface area contributed by atoms with E-state index in [2.05, 4.69) is 32.0 Å². The Morgan fingerprint density at radius 3 is 2.80 bits per heavy atom. The maximum absolute atomic E-state index is 5.73. The summed E-state index contributed by atoms with van der Waals surface area (Å²) in [6.07, 6.45) is 7.60. The number of aromatic nitrogens is 7. The zero-order valence-electron chi connectivity index (χ0n) is 11.0. The molecule has 3 heterocycles. The number of nitrogens with zero attached hydrogens (tertiary/aromatic N) is 7. The van der Waals surface area contributed by atoms with Crippen molar-refractivity contribution in [3.05, 3.63) is 42.5 Å². The van der Waals surface area contributed by atoms with Gasteiger partial charge in [0.1, 0.15) is 11.6 Å². The Kier molecular flexibility index (Phi) is 3.12. The Hall–Kier alpha value is -2.77. The van der Waals surface area contributed by atoms with Crippen LogP contribution in [0.5, 0.6) is 0 Å². The SMILES string of the molecule is CCn1ccnc1Cc1nc(N)nc(-n2cccn2)n1. The van der Waals surface area contributed by atoms with Crippen molar-refractivity contribution < 1.29 is 0 Å². The van der Waals surface area contributed by atoms with Gasteiger partial charge in [0.2, 0.25) is 5.95 Å². The van der Waals surface area contributed by atoms with Crippen LogP contribution in [-0.2, 0) is 13.0 Å². The highest BCUT2D eigenvalue weighted by Gasteiger charge is 2.10. The van der Waals surface area contributed by atoms with Crippen molar-refractivity contribution in [3.63, 3.8) is 0 Å². The van der Waals surface area contributed by atoms with Gasteiger partial charge in [-0.2, -0.15) is 20.1 Å². The normalized spacial score (nSPS) is 10.8. The molecule has 3 aromatic heterocycles. The molecule has 3 rings (SSSR count). The van der Waals surface area contributed by atoms with Crippen molar-refractivity contribution >= 4 is 5.95 Å². The van der Waals surface area contributed by atoms with Crippen LogP contribution in [-0.4, -0.2) is 34.3 Å². The number of nitrogen functional groups attached to an aromatic ring is 1. The van der Waals surface area contributed by atoms with Crippen LogP contribution in [0.15, 0.2) is 30.9 Å². The van der Waals surface area contributed by atoms with Gasteiger partial charge in [-0.1, -0.05) is 0 Å². The molecule has 0 aliphatic rings. The van der Waals surface area contributed by atoms with E-state index in [1.807, 2.05) is 10.8 Å². The molecule has 8 nitrogen and oxygen atoms in total. The van der Waals surface area contributed by atoms with E-state index in [-0.39, 0.29) is 5.95 Å². The minimum absolute atomic E-state index is 0.176. The average Bonchev–Trinajstić information content (AvgIpc) is 3.08. The molecule has 0 spiro atoms. The van der Waals surface area contributed by atoms with Crippen LogP contribution in [0, 0.1) is 0 Å². The first-order valence-corrected chi connectivity index (χ1v) is 6.26. The maximum atomic E-state index is 5.73. The Balaban J connectivity index is 1.94. The van der Waals surface area contributed by atoms with Gasteiger partial charge >= 0.3 is 0 Å². The van der Waals surface area contributed by atoms with E-state index < -0.39 is 0 Å². The molecule has 102 valence electrons. The molecule has 0 saturated heterocycles. The highest BCUT2D eigenvalue weighted by atomic mass is 15.4. The molecule has 20 heavy (non-hydrogen) atoms. The largest absolute Gasteiger partial charge is 0.368 e. The topological polar surface area (TPSA) is 100 Å². The Morgan fingerprint density at radius 1 is 1.15 bits per heavy atom. The third-order valence-corrected chi connectivity index (χ3v) is 2.86. The third-order valence-electron chi connectivity index (χ3n) is 2.86. The minimum Gasteiger partial charge on any atom is -0.368 e. The molecule has 8 heteroatoms. The molecule has 0 aromatic carbocycles. The lowest BCUT2D eigenvalue weighted by molar-refractivity contribution is 0.696. The molecule has 2 N–H and O–H groups in total. The number of hydrogen-bond acceptors (Lipinski definition) is 6. The van der Waals surface area contributed by atoms with Crippen molar-refractivity contribution in [2.75, 3.05) is 5.73 Å². The van der Waals surface area contributed by atoms with Crippen molar-refractivity contribution in [1.82, 2.24) is 34.3 Å². The van der Waals surface area contributed by atoms with Crippen LogP contribution in [0.1, 0.15) is 18.6 Å². The summed E-state index contributed by atoms with van der Waals surface area (Å²) >= 11 is 0. The van der Waals surface area contributed by atoms with Gasteiger partial charge in [0.05, 0.1) is 6.42 Å². The van der Waals surface area contributed by atoms with Crippen LogP contribution >= 0.6 is 0 Å². The number of aryl methyl sites for hydroxylation is 1. The average molecular weight is 270 g/mol. The summed E-state index contributed by atoms with van der Waals surface area (Å²) in [5, 5.41) is 4.09. The predicted octanol–water partition coefficient (Wildman–Crippen LogP) is 0.447. The Bertz CT molecular complexity index is 700. The molecule has 0 saturated carbocycles. The summed E-state index contributed by atoms with van der Waals surface area (Å²) in [5.74, 6) is 2.05. The molecule has 0 bridgehead atoms. The van der Waals surface area contributed by atoms with Crippen molar-refractivity contribution in [1.29, 1.82) is 0 Å². The second-order valence-electron chi connectivity index (χ2n) is 4.17. The molecule has 0 aliphatic heterocycles. The van der Waals surface area contributed by atoms with E-state index in [0.29, 0.717) is 18.2 Å². The van der Waals surface area contributed by atoms with Gasteiger partial charge < -0.3 is 10.3 Å². The van der Waals surface area contributed by atoms with Crippen LogP contribution in [0.3, 0.4) is 0 Å². The zero-order valence-corrected chi connectivity index (χ0v) is 11.0. The minimum atomic E-state index is 0.176. The fraction of sp³-hybridized carbons (Fsp3) is 0.250. The molecule has 0 fully saturated rings. The first kappa shape index (κ1) is 12.3. The van der Waals surface area contributed by atoms with Gasteiger partial charge in [-0.05, 0) is 13.0 Å².